The number of aromatic nitrogens is 2. The number of nitrogens with one attached hydrogen (secondary N) is 2. The molecule has 0 atom stereocenters. The highest BCUT2D eigenvalue weighted by Gasteiger charge is 2.16. The van der Waals surface area contributed by atoms with Gasteiger partial charge in [0.2, 0.25) is 5.13 Å². The van der Waals surface area contributed by atoms with Gasteiger partial charge in [0.15, 0.2) is 0 Å². The van der Waals surface area contributed by atoms with E-state index in [-0.39, 0.29) is 28.3 Å². The van der Waals surface area contributed by atoms with E-state index >= 15 is 0 Å². The van der Waals surface area contributed by atoms with Gasteiger partial charge in [0.05, 0.1) is 12.0 Å². The zero-order chi connectivity index (χ0) is 21.6. The monoisotopic (exact) mass is 446 g/mol. The summed E-state index contributed by atoms with van der Waals surface area (Å²) in [5.74, 6) is -0.627. The molecule has 0 aliphatic heterocycles. The van der Waals surface area contributed by atoms with Crippen LogP contribution in [-0.4, -0.2) is 37.6 Å². The summed E-state index contributed by atoms with van der Waals surface area (Å²) in [6.07, 6.45) is 0.792. The third-order valence-electron chi connectivity index (χ3n) is 4.07. The molecule has 1 heterocycles. The summed E-state index contributed by atoms with van der Waals surface area (Å²) in [5.41, 5.74) is 3.22. The molecule has 0 saturated heterocycles. The van der Waals surface area contributed by atoms with Crippen LogP contribution in [-0.2, 0) is 26.0 Å². The summed E-state index contributed by atoms with van der Waals surface area (Å²) in [7, 11) is -2.45. The van der Waals surface area contributed by atoms with Crippen LogP contribution in [0.1, 0.15) is 22.3 Å². The summed E-state index contributed by atoms with van der Waals surface area (Å²) >= 11 is 1.07. The molecule has 0 aliphatic carbocycles. The predicted molar refractivity (Wildman–Crippen MR) is 112 cm³/mol. The number of carbonyl (C=O) groups is 2. The van der Waals surface area contributed by atoms with Crippen molar-refractivity contribution < 1.29 is 22.7 Å². The molecule has 1 amide bonds. The molecular formula is C19H18N4O5S2. The van der Waals surface area contributed by atoms with Crippen LogP contribution in [0.25, 0.3) is 0 Å². The Morgan fingerprint density at radius 2 is 1.77 bits per heavy atom. The number of hydrogen-bond acceptors (Lipinski definition) is 8. The van der Waals surface area contributed by atoms with E-state index in [1.807, 2.05) is 0 Å². The Hall–Kier alpha value is -3.31. The number of amides is 1. The van der Waals surface area contributed by atoms with Crippen molar-refractivity contribution in [2.24, 2.45) is 0 Å². The molecule has 156 valence electrons. The average molecular weight is 447 g/mol. The van der Waals surface area contributed by atoms with Gasteiger partial charge in [-0.25, -0.2) is 8.42 Å². The summed E-state index contributed by atoms with van der Waals surface area (Å²) in [4.78, 5) is 23.6. The van der Waals surface area contributed by atoms with E-state index in [2.05, 4.69) is 25.0 Å². The lowest BCUT2D eigenvalue weighted by Gasteiger charge is -2.08. The largest absolute Gasteiger partial charge is 0.469 e. The first-order valence-corrected chi connectivity index (χ1v) is 11.1. The van der Waals surface area contributed by atoms with Crippen LogP contribution in [0, 0.1) is 0 Å². The number of benzene rings is 2. The van der Waals surface area contributed by atoms with Gasteiger partial charge < -0.3 is 10.1 Å². The van der Waals surface area contributed by atoms with Crippen molar-refractivity contribution in [3.8, 4) is 0 Å². The number of esters is 1. The van der Waals surface area contributed by atoms with Crippen molar-refractivity contribution >= 4 is 44.1 Å². The Bertz CT molecular complexity index is 1110. The summed E-state index contributed by atoms with van der Waals surface area (Å²) in [6.45, 7) is 0. The van der Waals surface area contributed by atoms with Gasteiger partial charge in [-0.15, -0.1) is 10.2 Å². The van der Waals surface area contributed by atoms with Gasteiger partial charge >= 0.3 is 5.97 Å². The van der Waals surface area contributed by atoms with E-state index < -0.39 is 10.0 Å². The smallest absolute Gasteiger partial charge is 0.305 e. The van der Waals surface area contributed by atoms with E-state index in [1.165, 1.54) is 36.9 Å². The standard InChI is InChI=1S/C19H18N4O5S2/c1-28-17(24)11-4-13-2-5-14(6-3-13)18(25)21-15-7-9-16(10-8-15)30(26,27)23-19-22-20-12-29-19/h2-3,5-10,12H,4,11H2,1H3,(H,21,25)(H,22,23). The summed E-state index contributed by atoms with van der Waals surface area (Å²) in [6, 6.07) is 12.6. The van der Waals surface area contributed by atoms with Gasteiger partial charge in [0.25, 0.3) is 15.9 Å². The molecular weight excluding hydrogens is 428 g/mol. The predicted octanol–water partition coefficient (Wildman–Crippen LogP) is 2.70. The third kappa shape index (κ3) is 5.61. The Balaban J connectivity index is 1.61. The molecule has 30 heavy (non-hydrogen) atoms. The Kier molecular flexibility index (Phi) is 6.75. The van der Waals surface area contributed by atoms with Crippen molar-refractivity contribution in [3.05, 3.63) is 65.2 Å². The molecule has 0 spiro atoms. The van der Waals surface area contributed by atoms with E-state index in [4.69, 9.17) is 0 Å². The number of aryl methyl sites for hydroxylation is 1. The topological polar surface area (TPSA) is 127 Å². The molecule has 2 N–H and O–H groups in total. The number of carbonyl (C=O) groups excluding carboxylic acids is 2. The lowest BCUT2D eigenvalue weighted by Crippen LogP contribution is -2.14. The third-order valence-corrected chi connectivity index (χ3v) is 6.16. The molecule has 0 unspecified atom stereocenters. The maximum Gasteiger partial charge on any atom is 0.305 e. The second-order valence-corrected chi connectivity index (χ2v) is 8.62. The zero-order valence-corrected chi connectivity index (χ0v) is 17.5. The number of rotatable bonds is 8. The minimum atomic E-state index is -3.79. The molecule has 0 aliphatic rings. The van der Waals surface area contributed by atoms with Gasteiger partial charge in [-0.3, -0.25) is 14.3 Å². The molecule has 3 aromatic rings. The quantitative estimate of drug-likeness (QED) is 0.509. The van der Waals surface area contributed by atoms with Crippen molar-refractivity contribution in [3.63, 3.8) is 0 Å². The van der Waals surface area contributed by atoms with Gasteiger partial charge in [-0.05, 0) is 48.4 Å². The van der Waals surface area contributed by atoms with Crippen LogP contribution < -0.4 is 10.0 Å². The first-order chi connectivity index (χ1) is 14.4. The van der Waals surface area contributed by atoms with Crippen LogP contribution >= 0.6 is 11.3 Å². The summed E-state index contributed by atoms with van der Waals surface area (Å²) in [5, 5.41) is 10.1. The number of sulfonamides is 1. The highest BCUT2D eigenvalue weighted by atomic mass is 32.2. The Morgan fingerprint density at radius 1 is 1.07 bits per heavy atom. The molecule has 0 bridgehead atoms. The van der Waals surface area contributed by atoms with E-state index in [9.17, 15) is 18.0 Å². The molecule has 0 radical (unpaired) electrons. The number of methoxy groups -OCH3 is 1. The maximum atomic E-state index is 12.4. The van der Waals surface area contributed by atoms with Crippen molar-refractivity contribution in [2.45, 2.75) is 17.7 Å². The summed E-state index contributed by atoms with van der Waals surface area (Å²) < 4.78 is 31.6. The number of anilines is 2. The molecule has 2 aromatic carbocycles. The van der Waals surface area contributed by atoms with E-state index in [0.29, 0.717) is 17.7 Å². The molecule has 9 nitrogen and oxygen atoms in total. The number of hydrogen-bond donors (Lipinski definition) is 2. The minimum Gasteiger partial charge on any atom is -0.469 e. The van der Waals surface area contributed by atoms with Gasteiger partial charge in [0, 0.05) is 17.7 Å². The fraction of sp³-hybridized carbons (Fsp3) is 0.158. The highest BCUT2D eigenvalue weighted by Crippen LogP contribution is 2.19. The van der Waals surface area contributed by atoms with Crippen LogP contribution in [0.4, 0.5) is 10.8 Å². The molecule has 1 aromatic heterocycles. The fourth-order valence-corrected chi connectivity index (χ4v) is 4.18. The molecule has 11 heteroatoms. The van der Waals surface area contributed by atoms with Crippen LogP contribution in [0.15, 0.2) is 58.9 Å². The highest BCUT2D eigenvalue weighted by molar-refractivity contribution is 7.93. The average Bonchev–Trinajstić information content (AvgIpc) is 3.25. The van der Waals surface area contributed by atoms with Gasteiger partial charge in [-0.1, -0.05) is 23.5 Å². The SMILES string of the molecule is COC(=O)CCc1ccc(C(=O)Nc2ccc(S(=O)(=O)Nc3nncs3)cc2)cc1. The Morgan fingerprint density at radius 3 is 2.37 bits per heavy atom. The Labute approximate surface area is 177 Å². The second kappa shape index (κ2) is 9.46. The van der Waals surface area contributed by atoms with Crippen LogP contribution in [0.2, 0.25) is 0 Å². The van der Waals surface area contributed by atoms with Gasteiger partial charge in [0.1, 0.15) is 5.51 Å². The molecule has 0 saturated carbocycles. The van der Waals surface area contributed by atoms with E-state index in [1.54, 1.807) is 24.3 Å². The first kappa shape index (κ1) is 21.4. The maximum absolute atomic E-state index is 12.4. The lowest BCUT2D eigenvalue weighted by atomic mass is 10.1. The normalized spacial score (nSPS) is 11.0. The van der Waals surface area contributed by atoms with E-state index in [0.717, 1.165) is 16.9 Å². The van der Waals surface area contributed by atoms with Crippen LogP contribution in [0.5, 0.6) is 0 Å². The van der Waals surface area contributed by atoms with Crippen molar-refractivity contribution in [1.82, 2.24) is 10.2 Å². The molecule has 3 rings (SSSR count). The minimum absolute atomic E-state index is 0.0330. The van der Waals surface area contributed by atoms with Crippen molar-refractivity contribution in [1.29, 1.82) is 0 Å². The number of ether oxygens (including phenoxy) is 1. The number of nitrogens with zero attached hydrogens (tertiary/aromatic N) is 2. The first-order valence-electron chi connectivity index (χ1n) is 8.73. The lowest BCUT2D eigenvalue weighted by molar-refractivity contribution is -0.140. The second-order valence-electron chi connectivity index (χ2n) is 6.10. The van der Waals surface area contributed by atoms with Crippen LogP contribution in [0.3, 0.4) is 0 Å². The molecule has 0 fully saturated rings. The van der Waals surface area contributed by atoms with Gasteiger partial charge in [-0.2, -0.15) is 0 Å². The van der Waals surface area contributed by atoms with Crippen molar-refractivity contribution in [2.75, 3.05) is 17.1 Å². The zero-order valence-electron chi connectivity index (χ0n) is 15.9. The fourth-order valence-electron chi connectivity index (χ4n) is 2.48.